The van der Waals surface area contributed by atoms with Gasteiger partial charge < -0.3 is 15.8 Å². The number of hydrogen-bond acceptors (Lipinski definition) is 5. The van der Waals surface area contributed by atoms with Crippen molar-refractivity contribution in [2.24, 2.45) is 11.8 Å². The zero-order valence-electron chi connectivity index (χ0n) is 13.1. The molecule has 1 aromatic rings. The van der Waals surface area contributed by atoms with Gasteiger partial charge in [0.25, 0.3) is 0 Å². The van der Waals surface area contributed by atoms with Crippen molar-refractivity contribution >= 4 is 17.5 Å². The zero-order chi connectivity index (χ0) is 15.4. The van der Waals surface area contributed by atoms with E-state index in [1.165, 1.54) is 26.4 Å². The quantitative estimate of drug-likeness (QED) is 0.834. The second kappa shape index (κ2) is 6.78. The van der Waals surface area contributed by atoms with E-state index in [1.54, 1.807) is 12.3 Å². The minimum Gasteiger partial charge on any atom is -0.465 e. The van der Waals surface area contributed by atoms with Gasteiger partial charge in [-0.1, -0.05) is 26.7 Å². The molecule has 116 valence electrons. The summed E-state index contributed by atoms with van der Waals surface area (Å²) in [4.78, 5) is 16.0. The molecule has 0 saturated heterocycles. The number of anilines is 2. The minimum atomic E-state index is -0.429. The van der Waals surface area contributed by atoms with Crippen LogP contribution in [0.1, 0.15) is 49.9 Å². The van der Waals surface area contributed by atoms with Gasteiger partial charge in [-0.2, -0.15) is 0 Å². The number of nitrogen functional groups attached to an aromatic ring is 1. The number of nitrogens with two attached hydrogens (primary N) is 1. The molecule has 0 bridgehead atoms. The second-order valence-corrected chi connectivity index (χ2v) is 6.06. The predicted octanol–water partition coefficient (Wildman–Crippen LogP) is 3.08. The number of hydrogen-bond donors (Lipinski definition) is 2. The lowest BCUT2D eigenvalue weighted by Gasteiger charge is -2.35. The van der Waals surface area contributed by atoms with Crippen LogP contribution >= 0.6 is 0 Å². The summed E-state index contributed by atoms with van der Waals surface area (Å²) in [7, 11) is 1.35. The van der Waals surface area contributed by atoms with Crippen LogP contribution in [0.3, 0.4) is 0 Å². The van der Waals surface area contributed by atoms with Crippen LogP contribution in [0, 0.1) is 11.8 Å². The molecule has 1 fully saturated rings. The number of nitrogens with one attached hydrogen (secondary N) is 1. The van der Waals surface area contributed by atoms with E-state index in [1.807, 2.05) is 0 Å². The first-order valence-electron chi connectivity index (χ1n) is 7.64. The normalized spacial score (nSPS) is 22.1. The van der Waals surface area contributed by atoms with Crippen LogP contribution in [-0.2, 0) is 4.74 Å². The van der Waals surface area contributed by atoms with Crippen LogP contribution in [0.4, 0.5) is 11.5 Å². The van der Waals surface area contributed by atoms with E-state index in [9.17, 15) is 4.79 Å². The van der Waals surface area contributed by atoms with E-state index in [0.29, 0.717) is 34.9 Å². The Kier molecular flexibility index (Phi) is 5.04. The zero-order valence-corrected chi connectivity index (χ0v) is 13.1. The summed E-state index contributed by atoms with van der Waals surface area (Å²) in [5, 5.41) is 3.46. The Morgan fingerprint density at radius 2 is 2.14 bits per heavy atom. The molecule has 1 aliphatic rings. The molecule has 1 aromatic heterocycles. The fraction of sp³-hybridized carbons (Fsp3) is 0.625. The SMILES string of the molecule is COC(=O)c1ccnc(NC2CCCCC2C(C)C)c1N. The lowest BCUT2D eigenvalue weighted by molar-refractivity contribution is 0.0602. The molecule has 0 spiro atoms. The fourth-order valence-corrected chi connectivity index (χ4v) is 3.19. The van der Waals surface area contributed by atoms with Crippen LogP contribution in [0.5, 0.6) is 0 Å². The monoisotopic (exact) mass is 291 g/mol. The fourth-order valence-electron chi connectivity index (χ4n) is 3.19. The smallest absolute Gasteiger partial charge is 0.340 e. The third-order valence-corrected chi connectivity index (χ3v) is 4.39. The number of carbonyl (C=O) groups is 1. The summed E-state index contributed by atoms with van der Waals surface area (Å²) >= 11 is 0. The highest BCUT2D eigenvalue weighted by atomic mass is 16.5. The van der Waals surface area contributed by atoms with Gasteiger partial charge in [-0.3, -0.25) is 0 Å². The first-order chi connectivity index (χ1) is 10.0. The molecule has 0 radical (unpaired) electrons. The molecule has 1 saturated carbocycles. The predicted molar refractivity (Wildman–Crippen MR) is 84.2 cm³/mol. The van der Waals surface area contributed by atoms with Crippen molar-refractivity contribution in [1.82, 2.24) is 4.98 Å². The maximum atomic E-state index is 11.7. The summed E-state index contributed by atoms with van der Waals surface area (Å²) < 4.78 is 4.75. The third kappa shape index (κ3) is 3.46. The van der Waals surface area contributed by atoms with Crippen LogP contribution in [0.15, 0.2) is 12.3 Å². The van der Waals surface area contributed by atoms with Gasteiger partial charge in [0.2, 0.25) is 0 Å². The molecule has 2 atom stereocenters. The second-order valence-electron chi connectivity index (χ2n) is 6.06. The third-order valence-electron chi connectivity index (χ3n) is 4.39. The molecule has 1 heterocycles. The van der Waals surface area contributed by atoms with Crippen molar-refractivity contribution in [3.8, 4) is 0 Å². The van der Waals surface area contributed by atoms with Crippen LogP contribution in [-0.4, -0.2) is 24.1 Å². The minimum absolute atomic E-state index is 0.362. The average Bonchev–Trinajstić information content (AvgIpc) is 2.49. The maximum absolute atomic E-state index is 11.7. The van der Waals surface area contributed by atoms with Gasteiger partial charge in [-0.05, 0) is 30.7 Å². The van der Waals surface area contributed by atoms with Crippen molar-refractivity contribution in [2.45, 2.75) is 45.6 Å². The Bertz CT molecular complexity index is 502. The standard InChI is InChI=1S/C16H25N3O2/c1-10(2)11-6-4-5-7-13(11)19-15-14(17)12(8-9-18-15)16(20)21-3/h8-11,13H,4-7,17H2,1-3H3,(H,18,19). The number of aromatic nitrogens is 1. The number of rotatable bonds is 4. The molecule has 21 heavy (non-hydrogen) atoms. The topological polar surface area (TPSA) is 77.2 Å². The van der Waals surface area contributed by atoms with Crippen molar-refractivity contribution < 1.29 is 9.53 Å². The molecule has 5 nitrogen and oxygen atoms in total. The Hall–Kier alpha value is -1.78. The van der Waals surface area contributed by atoms with Gasteiger partial charge >= 0.3 is 5.97 Å². The van der Waals surface area contributed by atoms with Crippen molar-refractivity contribution in [3.05, 3.63) is 17.8 Å². The summed E-state index contributed by atoms with van der Waals surface area (Å²) in [6.45, 7) is 4.51. The van der Waals surface area contributed by atoms with Gasteiger partial charge in [0.1, 0.15) is 5.82 Å². The molecule has 3 N–H and O–H groups in total. The average molecular weight is 291 g/mol. The Balaban J connectivity index is 2.20. The number of carbonyl (C=O) groups excluding carboxylic acids is 1. The maximum Gasteiger partial charge on any atom is 0.340 e. The molecule has 1 aliphatic carbocycles. The lowest BCUT2D eigenvalue weighted by atomic mass is 9.78. The summed E-state index contributed by atoms with van der Waals surface area (Å²) in [6.07, 6.45) is 6.44. The van der Waals surface area contributed by atoms with Gasteiger partial charge in [-0.25, -0.2) is 9.78 Å². The van der Waals surface area contributed by atoms with Crippen molar-refractivity contribution in [3.63, 3.8) is 0 Å². The van der Waals surface area contributed by atoms with Gasteiger partial charge in [0.05, 0.1) is 18.4 Å². The highest BCUT2D eigenvalue weighted by Crippen LogP contribution is 2.33. The van der Waals surface area contributed by atoms with Gasteiger partial charge in [0, 0.05) is 12.2 Å². The van der Waals surface area contributed by atoms with Crippen LogP contribution in [0.2, 0.25) is 0 Å². The molecule has 5 heteroatoms. The Morgan fingerprint density at radius 3 is 2.81 bits per heavy atom. The Labute approximate surface area is 126 Å². The number of pyridine rings is 1. The van der Waals surface area contributed by atoms with E-state index in [0.717, 1.165) is 6.42 Å². The number of methoxy groups -OCH3 is 1. The van der Waals surface area contributed by atoms with E-state index in [2.05, 4.69) is 24.1 Å². The molecular weight excluding hydrogens is 266 g/mol. The van der Waals surface area contributed by atoms with Crippen molar-refractivity contribution in [1.29, 1.82) is 0 Å². The highest BCUT2D eigenvalue weighted by Gasteiger charge is 2.28. The molecule has 0 amide bonds. The largest absolute Gasteiger partial charge is 0.465 e. The van der Waals surface area contributed by atoms with Gasteiger partial charge in [0.15, 0.2) is 0 Å². The van der Waals surface area contributed by atoms with Crippen molar-refractivity contribution in [2.75, 3.05) is 18.2 Å². The summed E-state index contributed by atoms with van der Waals surface area (Å²) in [6, 6.07) is 1.95. The van der Waals surface area contributed by atoms with E-state index >= 15 is 0 Å². The van der Waals surface area contributed by atoms with E-state index in [4.69, 9.17) is 10.5 Å². The van der Waals surface area contributed by atoms with E-state index in [-0.39, 0.29) is 0 Å². The first kappa shape index (κ1) is 15.6. The number of nitrogens with zero attached hydrogens (tertiary/aromatic N) is 1. The highest BCUT2D eigenvalue weighted by molar-refractivity contribution is 5.97. The molecular formula is C16H25N3O2. The van der Waals surface area contributed by atoms with Crippen LogP contribution < -0.4 is 11.1 Å². The number of esters is 1. The first-order valence-corrected chi connectivity index (χ1v) is 7.64. The molecule has 2 rings (SSSR count). The Morgan fingerprint density at radius 1 is 1.43 bits per heavy atom. The van der Waals surface area contributed by atoms with Crippen LogP contribution in [0.25, 0.3) is 0 Å². The molecule has 2 unspecified atom stereocenters. The lowest BCUT2D eigenvalue weighted by Crippen LogP contribution is -2.35. The molecule has 0 aromatic carbocycles. The number of ether oxygens (including phenoxy) is 1. The van der Waals surface area contributed by atoms with E-state index < -0.39 is 5.97 Å². The summed E-state index contributed by atoms with van der Waals surface area (Å²) in [5.74, 6) is 1.40. The molecule has 0 aliphatic heterocycles. The van der Waals surface area contributed by atoms with Gasteiger partial charge in [-0.15, -0.1) is 0 Å². The summed E-state index contributed by atoms with van der Waals surface area (Å²) in [5.41, 5.74) is 6.81.